The summed E-state index contributed by atoms with van der Waals surface area (Å²) >= 11 is 0. The number of amides is 2. The summed E-state index contributed by atoms with van der Waals surface area (Å²) in [4.78, 5) is 43.8. The molecule has 7 heteroatoms. The summed E-state index contributed by atoms with van der Waals surface area (Å²) in [5.74, 6) is -0.193. The highest BCUT2D eigenvalue weighted by molar-refractivity contribution is 5.95. The zero-order valence-electron chi connectivity index (χ0n) is 18.3. The number of para-hydroxylation sites is 1. The molecule has 1 aliphatic carbocycles. The lowest BCUT2D eigenvalue weighted by Crippen LogP contribution is -2.38. The number of anilines is 1. The number of nitrogens with zero attached hydrogens (tertiary/aromatic N) is 3. The van der Waals surface area contributed by atoms with Crippen molar-refractivity contribution >= 4 is 28.4 Å². The molecule has 0 radical (unpaired) electrons. The molecule has 0 spiro atoms. The molecule has 1 aliphatic rings. The highest BCUT2D eigenvalue weighted by Gasteiger charge is 2.22. The van der Waals surface area contributed by atoms with E-state index in [4.69, 9.17) is 0 Å². The lowest BCUT2D eigenvalue weighted by molar-refractivity contribution is -0.116. The Morgan fingerprint density at radius 3 is 2.53 bits per heavy atom. The second-order valence-corrected chi connectivity index (χ2v) is 8.34. The number of aromatic nitrogens is 2. The predicted octanol–water partition coefficient (Wildman–Crippen LogP) is 3.83. The van der Waals surface area contributed by atoms with Gasteiger partial charge in [0, 0.05) is 37.3 Å². The van der Waals surface area contributed by atoms with Gasteiger partial charge in [-0.3, -0.25) is 19.0 Å². The quantitative estimate of drug-likeness (QED) is 0.642. The third-order valence-electron chi connectivity index (χ3n) is 6.17. The fourth-order valence-corrected chi connectivity index (χ4v) is 4.24. The van der Waals surface area contributed by atoms with Crippen molar-refractivity contribution in [1.29, 1.82) is 0 Å². The Balaban J connectivity index is 1.33. The minimum absolute atomic E-state index is 0.0120. The molecular formula is C25H28N4O3. The van der Waals surface area contributed by atoms with Crippen LogP contribution in [-0.4, -0.2) is 39.4 Å². The zero-order chi connectivity index (χ0) is 22.5. The Morgan fingerprint density at radius 1 is 1.06 bits per heavy atom. The van der Waals surface area contributed by atoms with Gasteiger partial charge in [0.15, 0.2) is 0 Å². The monoisotopic (exact) mass is 432 g/mol. The van der Waals surface area contributed by atoms with Crippen molar-refractivity contribution in [3.8, 4) is 0 Å². The molecule has 0 unspecified atom stereocenters. The van der Waals surface area contributed by atoms with Crippen molar-refractivity contribution in [2.24, 2.45) is 0 Å². The van der Waals surface area contributed by atoms with Gasteiger partial charge in [0.1, 0.15) is 0 Å². The van der Waals surface area contributed by atoms with Crippen molar-refractivity contribution in [2.75, 3.05) is 12.4 Å². The van der Waals surface area contributed by atoms with Gasteiger partial charge >= 0.3 is 0 Å². The van der Waals surface area contributed by atoms with Gasteiger partial charge in [-0.1, -0.05) is 31.4 Å². The van der Waals surface area contributed by atoms with Crippen LogP contribution in [-0.2, 0) is 11.3 Å². The van der Waals surface area contributed by atoms with Gasteiger partial charge in [-0.2, -0.15) is 0 Å². The first-order valence-corrected chi connectivity index (χ1v) is 11.1. The topological polar surface area (TPSA) is 84.3 Å². The summed E-state index contributed by atoms with van der Waals surface area (Å²) in [6, 6.07) is 14.4. The smallest absolute Gasteiger partial charge is 0.261 e. The van der Waals surface area contributed by atoms with Crippen LogP contribution in [0, 0.1) is 0 Å². The van der Waals surface area contributed by atoms with Crippen LogP contribution in [0.4, 0.5) is 5.69 Å². The average Bonchev–Trinajstić information content (AvgIpc) is 2.84. The highest BCUT2D eigenvalue weighted by atomic mass is 16.2. The zero-order valence-corrected chi connectivity index (χ0v) is 18.3. The third kappa shape index (κ3) is 4.88. The normalized spacial score (nSPS) is 14.3. The van der Waals surface area contributed by atoms with Crippen LogP contribution >= 0.6 is 0 Å². The summed E-state index contributed by atoms with van der Waals surface area (Å²) in [6.07, 6.45) is 7.34. The molecule has 0 bridgehead atoms. The molecule has 0 saturated heterocycles. The Labute approximate surface area is 187 Å². The molecule has 3 aromatic rings. The van der Waals surface area contributed by atoms with Gasteiger partial charge in [-0.05, 0) is 49.2 Å². The maximum absolute atomic E-state index is 12.8. The number of fused-ring (bicyclic) bond motifs is 1. The van der Waals surface area contributed by atoms with E-state index in [2.05, 4.69) is 10.3 Å². The van der Waals surface area contributed by atoms with E-state index in [-0.39, 0.29) is 30.3 Å². The molecule has 0 aliphatic heterocycles. The molecule has 0 atom stereocenters. The number of carbonyl (C=O) groups is 2. The van der Waals surface area contributed by atoms with Crippen molar-refractivity contribution in [2.45, 2.75) is 51.1 Å². The largest absolute Gasteiger partial charge is 0.339 e. The number of rotatable bonds is 6. The van der Waals surface area contributed by atoms with E-state index in [9.17, 15) is 14.4 Å². The molecule has 166 valence electrons. The van der Waals surface area contributed by atoms with E-state index in [1.807, 2.05) is 18.0 Å². The number of aryl methyl sites for hydroxylation is 1. The second-order valence-electron chi connectivity index (χ2n) is 8.34. The van der Waals surface area contributed by atoms with Crippen LogP contribution in [0.2, 0.25) is 0 Å². The summed E-state index contributed by atoms with van der Waals surface area (Å²) in [5.41, 5.74) is 1.72. The molecule has 2 amide bonds. The predicted molar refractivity (Wildman–Crippen MR) is 125 cm³/mol. The van der Waals surface area contributed by atoms with Gasteiger partial charge in [-0.15, -0.1) is 0 Å². The van der Waals surface area contributed by atoms with E-state index < -0.39 is 0 Å². The van der Waals surface area contributed by atoms with E-state index in [0.29, 0.717) is 28.2 Å². The standard InChI is InChI=1S/C25H28N4O3/c1-28(20-7-3-2-4-8-20)24(31)18-11-13-19(14-12-18)27-23(30)15-16-29-17-26-22-10-6-5-9-21(22)25(29)32/h5-6,9-14,17,20H,2-4,7-8,15-16H2,1H3,(H,27,30). The highest BCUT2D eigenvalue weighted by Crippen LogP contribution is 2.23. The molecule has 1 aromatic heterocycles. The molecule has 32 heavy (non-hydrogen) atoms. The van der Waals surface area contributed by atoms with Crippen LogP contribution in [0.15, 0.2) is 59.7 Å². The molecule has 1 fully saturated rings. The number of hydrogen-bond acceptors (Lipinski definition) is 4. The van der Waals surface area contributed by atoms with E-state index in [0.717, 1.165) is 12.8 Å². The molecule has 7 nitrogen and oxygen atoms in total. The fraction of sp³-hybridized carbons (Fsp3) is 0.360. The van der Waals surface area contributed by atoms with Crippen LogP contribution in [0.1, 0.15) is 48.9 Å². The minimum Gasteiger partial charge on any atom is -0.339 e. The van der Waals surface area contributed by atoms with Crippen LogP contribution < -0.4 is 10.9 Å². The first kappa shape index (κ1) is 21.7. The molecular weight excluding hydrogens is 404 g/mol. The Kier molecular flexibility index (Phi) is 6.63. The van der Waals surface area contributed by atoms with Gasteiger partial charge in [0.2, 0.25) is 5.91 Å². The maximum Gasteiger partial charge on any atom is 0.261 e. The molecule has 4 rings (SSSR count). The van der Waals surface area contributed by atoms with E-state index in [1.54, 1.807) is 42.5 Å². The van der Waals surface area contributed by atoms with Crippen molar-refractivity contribution in [3.05, 3.63) is 70.8 Å². The number of carbonyl (C=O) groups excluding carboxylic acids is 2. The number of benzene rings is 2. The van der Waals surface area contributed by atoms with E-state index in [1.165, 1.54) is 30.2 Å². The van der Waals surface area contributed by atoms with Gasteiger partial charge in [0.05, 0.1) is 17.2 Å². The third-order valence-corrected chi connectivity index (χ3v) is 6.17. The van der Waals surface area contributed by atoms with Crippen molar-refractivity contribution in [3.63, 3.8) is 0 Å². The van der Waals surface area contributed by atoms with Gasteiger partial charge in [0.25, 0.3) is 11.5 Å². The molecule has 1 heterocycles. The lowest BCUT2D eigenvalue weighted by Gasteiger charge is -2.31. The Morgan fingerprint density at radius 2 is 1.78 bits per heavy atom. The van der Waals surface area contributed by atoms with Crippen LogP contribution in [0.3, 0.4) is 0 Å². The van der Waals surface area contributed by atoms with Crippen molar-refractivity contribution in [1.82, 2.24) is 14.5 Å². The molecule has 2 aromatic carbocycles. The first-order chi connectivity index (χ1) is 15.5. The Hall–Kier alpha value is -3.48. The lowest BCUT2D eigenvalue weighted by atomic mass is 9.94. The SMILES string of the molecule is CN(C(=O)c1ccc(NC(=O)CCn2cnc3ccccc3c2=O)cc1)C1CCCCC1. The second kappa shape index (κ2) is 9.77. The van der Waals surface area contributed by atoms with Gasteiger partial charge < -0.3 is 10.2 Å². The van der Waals surface area contributed by atoms with Crippen LogP contribution in [0.25, 0.3) is 10.9 Å². The van der Waals surface area contributed by atoms with Crippen LogP contribution in [0.5, 0.6) is 0 Å². The van der Waals surface area contributed by atoms with Gasteiger partial charge in [-0.25, -0.2) is 4.98 Å². The number of hydrogen-bond donors (Lipinski definition) is 1. The first-order valence-electron chi connectivity index (χ1n) is 11.1. The molecule has 1 saturated carbocycles. The minimum atomic E-state index is -0.205. The Bertz CT molecular complexity index is 1160. The fourth-order valence-electron chi connectivity index (χ4n) is 4.24. The molecule has 1 N–H and O–H groups in total. The maximum atomic E-state index is 12.8. The number of nitrogens with one attached hydrogen (secondary N) is 1. The summed E-state index contributed by atoms with van der Waals surface area (Å²) in [7, 11) is 1.87. The van der Waals surface area contributed by atoms with Crippen molar-refractivity contribution < 1.29 is 9.59 Å². The average molecular weight is 433 g/mol. The summed E-state index contributed by atoms with van der Waals surface area (Å²) in [6.45, 7) is 0.241. The van der Waals surface area contributed by atoms with E-state index >= 15 is 0 Å². The summed E-state index contributed by atoms with van der Waals surface area (Å²) in [5, 5.41) is 3.36. The summed E-state index contributed by atoms with van der Waals surface area (Å²) < 4.78 is 1.45.